The van der Waals surface area contributed by atoms with Crippen LogP contribution in [-0.4, -0.2) is 43.8 Å². The van der Waals surface area contributed by atoms with Crippen molar-refractivity contribution in [3.63, 3.8) is 0 Å². The van der Waals surface area contributed by atoms with Gasteiger partial charge in [-0.15, -0.1) is 12.4 Å². The summed E-state index contributed by atoms with van der Waals surface area (Å²) in [6, 6.07) is 2.69. The summed E-state index contributed by atoms with van der Waals surface area (Å²) in [7, 11) is -1.92. The van der Waals surface area contributed by atoms with Crippen molar-refractivity contribution in [3.8, 4) is 0 Å². The number of nitrogens with zero attached hydrogens (tertiary/aromatic N) is 2. The molecular weight excluding hydrogens is 342 g/mol. The van der Waals surface area contributed by atoms with Gasteiger partial charge >= 0.3 is 0 Å². The number of halogens is 1. The van der Waals surface area contributed by atoms with Crippen molar-refractivity contribution >= 4 is 28.1 Å². The minimum atomic E-state index is -3.73. The maximum absolute atomic E-state index is 12.9. The number of nitro groups is 1. The number of nitro benzene ring substituents is 1. The first-order chi connectivity index (χ1) is 10.3. The molecule has 1 aliphatic heterocycles. The summed E-state index contributed by atoms with van der Waals surface area (Å²) in [5, 5.41) is 14.1. The van der Waals surface area contributed by atoms with E-state index in [-0.39, 0.29) is 29.0 Å². The Morgan fingerprint density at radius 1 is 1.35 bits per heavy atom. The number of sulfonamides is 1. The van der Waals surface area contributed by atoms with Gasteiger partial charge in [0.15, 0.2) is 0 Å². The predicted molar refractivity (Wildman–Crippen MR) is 90.7 cm³/mol. The summed E-state index contributed by atoms with van der Waals surface area (Å²) >= 11 is 0. The Balaban J connectivity index is 0.00000264. The van der Waals surface area contributed by atoms with Crippen molar-refractivity contribution in [1.29, 1.82) is 0 Å². The van der Waals surface area contributed by atoms with Crippen LogP contribution < -0.4 is 5.32 Å². The number of nitrogens with one attached hydrogen (secondary N) is 1. The van der Waals surface area contributed by atoms with Crippen LogP contribution in [-0.2, 0) is 10.0 Å². The van der Waals surface area contributed by atoms with Crippen LogP contribution in [0.5, 0.6) is 0 Å². The molecule has 1 fully saturated rings. The monoisotopic (exact) mass is 363 g/mol. The number of hydrogen-bond acceptors (Lipinski definition) is 5. The third kappa shape index (κ3) is 4.00. The summed E-state index contributed by atoms with van der Waals surface area (Å²) in [5.74, 6) is 0. The van der Waals surface area contributed by atoms with Gasteiger partial charge in [0.25, 0.3) is 5.69 Å². The van der Waals surface area contributed by atoms with E-state index >= 15 is 0 Å². The number of benzene rings is 1. The lowest BCUT2D eigenvalue weighted by atomic mass is 10.1. The van der Waals surface area contributed by atoms with Gasteiger partial charge in [-0.1, -0.05) is 0 Å². The molecule has 0 saturated carbocycles. The summed E-state index contributed by atoms with van der Waals surface area (Å²) in [4.78, 5) is 10.5. The van der Waals surface area contributed by atoms with Crippen molar-refractivity contribution in [2.45, 2.75) is 37.6 Å². The van der Waals surface area contributed by atoms with E-state index in [1.54, 1.807) is 13.8 Å². The topological polar surface area (TPSA) is 92.6 Å². The molecule has 1 heterocycles. The molecular formula is C14H22ClN3O4S. The van der Waals surface area contributed by atoms with Gasteiger partial charge in [0.1, 0.15) is 0 Å². The highest BCUT2D eigenvalue weighted by atomic mass is 35.5. The molecule has 1 aliphatic rings. The first kappa shape index (κ1) is 19.8. The van der Waals surface area contributed by atoms with Crippen molar-refractivity contribution in [2.24, 2.45) is 0 Å². The molecule has 7 nitrogen and oxygen atoms in total. The van der Waals surface area contributed by atoms with Crippen LogP contribution >= 0.6 is 12.4 Å². The normalized spacial score (nSPS) is 19.2. The standard InChI is InChI=1S/C14H21N3O4S.ClH/c1-10-7-13(17(18)19)8-14(11(10)2)22(20,21)16-6-4-5-12(9-16)15-3;/h7-8,12,15H,4-6,9H2,1-3H3;1H. The van der Waals surface area contributed by atoms with E-state index in [0.29, 0.717) is 24.2 Å². The van der Waals surface area contributed by atoms with Crippen LogP contribution in [0.25, 0.3) is 0 Å². The van der Waals surface area contributed by atoms with Crippen LogP contribution in [0.3, 0.4) is 0 Å². The van der Waals surface area contributed by atoms with Crippen molar-refractivity contribution in [1.82, 2.24) is 9.62 Å². The molecule has 1 unspecified atom stereocenters. The van der Waals surface area contributed by atoms with Crippen LogP contribution in [0.4, 0.5) is 5.69 Å². The second-order valence-electron chi connectivity index (χ2n) is 5.63. The molecule has 9 heteroatoms. The highest BCUT2D eigenvalue weighted by molar-refractivity contribution is 7.89. The van der Waals surface area contributed by atoms with Gasteiger partial charge in [0.05, 0.1) is 9.82 Å². The Kier molecular flexibility index (Phi) is 6.52. The number of likely N-dealkylation sites (N-methyl/N-ethyl adjacent to an activating group) is 1. The Hall–Kier alpha value is -1.22. The first-order valence-electron chi connectivity index (χ1n) is 7.20. The molecule has 0 spiro atoms. The number of aryl methyl sites for hydroxylation is 1. The second-order valence-corrected chi connectivity index (χ2v) is 7.54. The maximum atomic E-state index is 12.9. The van der Waals surface area contributed by atoms with Crippen LogP contribution in [0, 0.1) is 24.0 Å². The van der Waals surface area contributed by atoms with Gasteiger partial charge in [-0.05, 0) is 44.9 Å². The van der Waals surface area contributed by atoms with Gasteiger partial charge in [-0.2, -0.15) is 4.31 Å². The summed E-state index contributed by atoms with van der Waals surface area (Å²) in [6.07, 6.45) is 1.70. The minimum Gasteiger partial charge on any atom is -0.316 e. The third-order valence-corrected chi connectivity index (χ3v) is 6.22. The van der Waals surface area contributed by atoms with Gasteiger partial charge in [0.2, 0.25) is 10.0 Å². The van der Waals surface area contributed by atoms with Gasteiger partial charge in [0, 0.05) is 31.3 Å². The largest absolute Gasteiger partial charge is 0.316 e. The van der Waals surface area contributed by atoms with E-state index in [1.165, 1.54) is 16.4 Å². The lowest BCUT2D eigenvalue weighted by molar-refractivity contribution is -0.385. The molecule has 0 radical (unpaired) electrons. The zero-order valence-corrected chi connectivity index (χ0v) is 15.0. The molecule has 1 aromatic carbocycles. The number of non-ortho nitro benzene ring substituents is 1. The molecule has 0 aliphatic carbocycles. The lowest BCUT2D eigenvalue weighted by Gasteiger charge is -2.32. The minimum absolute atomic E-state index is 0. The Morgan fingerprint density at radius 2 is 2.00 bits per heavy atom. The zero-order chi connectivity index (χ0) is 16.5. The predicted octanol–water partition coefficient (Wildman–Crippen LogP) is 2.01. The fourth-order valence-electron chi connectivity index (χ4n) is 2.72. The fraction of sp³-hybridized carbons (Fsp3) is 0.571. The summed E-state index contributed by atoms with van der Waals surface area (Å²) in [5.41, 5.74) is 0.982. The number of rotatable bonds is 4. The first-order valence-corrected chi connectivity index (χ1v) is 8.64. The highest BCUT2D eigenvalue weighted by Crippen LogP contribution is 2.29. The molecule has 1 N–H and O–H groups in total. The molecule has 2 rings (SSSR count). The molecule has 0 bridgehead atoms. The van der Waals surface area contributed by atoms with E-state index in [1.807, 2.05) is 7.05 Å². The fourth-order valence-corrected chi connectivity index (χ4v) is 4.56. The number of hydrogen-bond donors (Lipinski definition) is 1. The van der Waals surface area contributed by atoms with Crippen LogP contribution in [0.15, 0.2) is 17.0 Å². The Labute approximate surface area is 142 Å². The summed E-state index contributed by atoms with van der Waals surface area (Å²) in [6.45, 7) is 4.21. The van der Waals surface area contributed by atoms with Gasteiger partial charge in [-0.25, -0.2) is 8.42 Å². The average Bonchev–Trinajstić information content (AvgIpc) is 2.49. The van der Waals surface area contributed by atoms with E-state index in [9.17, 15) is 18.5 Å². The van der Waals surface area contributed by atoms with Crippen molar-refractivity contribution in [3.05, 3.63) is 33.4 Å². The van der Waals surface area contributed by atoms with Crippen molar-refractivity contribution < 1.29 is 13.3 Å². The zero-order valence-electron chi connectivity index (χ0n) is 13.4. The number of piperidine rings is 1. The van der Waals surface area contributed by atoms with E-state index in [2.05, 4.69) is 5.32 Å². The second kappa shape index (κ2) is 7.57. The van der Waals surface area contributed by atoms with Crippen LogP contribution in [0.2, 0.25) is 0 Å². The molecule has 1 saturated heterocycles. The molecule has 130 valence electrons. The average molecular weight is 364 g/mol. The molecule has 1 aromatic rings. The SMILES string of the molecule is CNC1CCCN(S(=O)(=O)c2cc([N+](=O)[O-])cc(C)c2C)C1.Cl. The molecule has 1 atom stereocenters. The van der Waals surface area contributed by atoms with E-state index in [0.717, 1.165) is 12.8 Å². The van der Waals surface area contributed by atoms with Crippen molar-refractivity contribution in [2.75, 3.05) is 20.1 Å². The lowest BCUT2D eigenvalue weighted by Crippen LogP contribution is -2.47. The summed E-state index contributed by atoms with van der Waals surface area (Å²) < 4.78 is 27.2. The molecule has 23 heavy (non-hydrogen) atoms. The van der Waals surface area contributed by atoms with Gasteiger partial charge < -0.3 is 5.32 Å². The maximum Gasteiger partial charge on any atom is 0.271 e. The van der Waals surface area contributed by atoms with Gasteiger partial charge in [-0.3, -0.25) is 10.1 Å². The third-order valence-electron chi connectivity index (χ3n) is 4.23. The smallest absolute Gasteiger partial charge is 0.271 e. The molecule has 0 aromatic heterocycles. The van der Waals surface area contributed by atoms with E-state index < -0.39 is 14.9 Å². The Bertz CT molecular complexity index is 694. The van der Waals surface area contributed by atoms with E-state index in [4.69, 9.17) is 0 Å². The highest BCUT2D eigenvalue weighted by Gasteiger charge is 2.32. The van der Waals surface area contributed by atoms with Crippen LogP contribution in [0.1, 0.15) is 24.0 Å². The quantitative estimate of drug-likeness (QED) is 0.652. The Morgan fingerprint density at radius 3 is 2.57 bits per heavy atom. The molecule has 0 amide bonds.